The molecule has 0 bridgehead atoms. The van der Waals surface area contributed by atoms with Crippen LogP contribution in [0, 0.1) is 11.8 Å². The first kappa shape index (κ1) is 11.0. The zero-order valence-electron chi connectivity index (χ0n) is 8.30. The molecule has 0 saturated carbocycles. The van der Waals surface area contributed by atoms with Crippen molar-refractivity contribution in [3.8, 4) is 0 Å². The van der Waals surface area contributed by atoms with E-state index in [0.717, 1.165) is 25.2 Å². The van der Waals surface area contributed by atoms with Gasteiger partial charge in [0.05, 0.1) is 6.10 Å². The van der Waals surface area contributed by atoms with Crippen LogP contribution in [0.15, 0.2) is 0 Å². The van der Waals surface area contributed by atoms with Crippen LogP contribution in [0.2, 0.25) is 0 Å². The van der Waals surface area contributed by atoms with Crippen molar-refractivity contribution in [2.45, 2.75) is 53.1 Å². The van der Waals surface area contributed by atoms with Crippen LogP contribution in [0.4, 0.5) is 0 Å². The molecule has 0 heterocycles. The lowest BCUT2D eigenvalue weighted by Gasteiger charge is -2.13. The van der Waals surface area contributed by atoms with Crippen LogP contribution in [0.3, 0.4) is 0 Å². The second-order valence-electron chi connectivity index (χ2n) is 4.25. The molecule has 0 aliphatic rings. The lowest BCUT2D eigenvalue weighted by Crippen LogP contribution is -2.10. The zero-order chi connectivity index (χ0) is 8.85. The van der Waals surface area contributed by atoms with Gasteiger partial charge in [-0.05, 0) is 31.1 Å². The maximum atomic E-state index is 9.47. The van der Waals surface area contributed by atoms with Gasteiger partial charge >= 0.3 is 0 Å². The zero-order valence-corrected chi connectivity index (χ0v) is 8.30. The Morgan fingerprint density at radius 2 is 1.45 bits per heavy atom. The average molecular weight is 158 g/mol. The summed E-state index contributed by atoms with van der Waals surface area (Å²) in [6, 6.07) is 0. The molecule has 0 aromatic heterocycles. The summed E-state index contributed by atoms with van der Waals surface area (Å²) in [6.07, 6.45) is 2.99. The number of hydrogen-bond acceptors (Lipinski definition) is 1. The van der Waals surface area contributed by atoms with Gasteiger partial charge in [0.1, 0.15) is 0 Å². The van der Waals surface area contributed by atoms with E-state index in [1.54, 1.807) is 0 Å². The van der Waals surface area contributed by atoms with Crippen molar-refractivity contribution in [3.63, 3.8) is 0 Å². The van der Waals surface area contributed by atoms with E-state index in [-0.39, 0.29) is 6.10 Å². The molecular weight excluding hydrogens is 136 g/mol. The monoisotopic (exact) mass is 158 g/mol. The molecule has 0 aromatic rings. The minimum Gasteiger partial charge on any atom is -0.393 e. The van der Waals surface area contributed by atoms with Gasteiger partial charge < -0.3 is 5.11 Å². The lowest BCUT2D eigenvalue weighted by atomic mass is 9.99. The smallest absolute Gasteiger partial charge is 0.0542 e. The summed E-state index contributed by atoms with van der Waals surface area (Å²) in [6.45, 7) is 8.70. The van der Waals surface area contributed by atoms with Crippen molar-refractivity contribution >= 4 is 0 Å². The minimum atomic E-state index is -0.0719. The molecule has 1 heteroatoms. The van der Waals surface area contributed by atoms with E-state index in [2.05, 4.69) is 27.7 Å². The Hall–Kier alpha value is -0.0400. The van der Waals surface area contributed by atoms with E-state index in [4.69, 9.17) is 0 Å². The van der Waals surface area contributed by atoms with Crippen molar-refractivity contribution in [1.29, 1.82) is 0 Å². The van der Waals surface area contributed by atoms with Crippen molar-refractivity contribution in [2.24, 2.45) is 11.8 Å². The van der Waals surface area contributed by atoms with Crippen LogP contribution < -0.4 is 0 Å². The Bertz CT molecular complexity index is 86.9. The Kier molecular flexibility index (Phi) is 5.57. The van der Waals surface area contributed by atoms with Crippen LogP contribution >= 0.6 is 0 Å². The van der Waals surface area contributed by atoms with Gasteiger partial charge in [-0.1, -0.05) is 27.7 Å². The molecule has 68 valence electrons. The molecule has 0 radical (unpaired) electrons. The molecule has 0 saturated heterocycles. The van der Waals surface area contributed by atoms with Gasteiger partial charge in [-0.25, -0.2) is 0 Å². The first-order valence-corrected chi connectivity index (χ1v) is 4.70. The fourth-order valence-electron chi connectivity index (χ4n) is 1.19. The molecule has 0 aliphatic carbocycles. The van der Waals surface area contributed by atoms with E-state index in [9.17, 15) is 5.11 Å². The van der Waals surface area contributed by atoms with Gasteiger partial charge in [0, 0.05) is 0 Å². The van der Waals surface area contributed by atoms with Gasteiger partial charge in [-0.3, -0.25) is 0 Å². The highest BCUT2D eigenvalue weighted by molar-refractivity contribution is 4.59. The summed E-state index contributed by atoms with van der Waals surface area (Å²) in [7, 11) is 0. The molecule has 0 aliphatic heterocycles. The maximum absolute atomic E-state index is 9.47. The third kappa shape index (κ3) is 7.86. The Balaban J connectivity index is 3.29. The molecule has 11 heavy (non-hydrogen) atoms. The van der Waals surface area contributed by atoms with Gasteiger partial charge in [0.2, 0.25) is 0 Å². The van der Waals surface area contributed by atoms with Gasteiger partial charge in [0.15, 0.2) is 0 Å². The molecule has 0 rings (SSSR count). The van der Waals surface area contributed by atoms with Crippen molar-refractivity contribution < 1.29 is 5.11 Å². The third-order valence-corrected chi connectivity index (χ3v) is 1.82. The van der Waals surface area contributed by atoms with Crippen LogP contribution in [0.1, 0.15) is 47.0 Å². The Morgan fingerprint density at radius 1 is 0.909 bits per heavy atom. The highest BCUT2D eigenvalue weighted by Gasteiger charge is 2.07. The van der Waals surface area contributed by atoms with Crippen molar-refractivity contribution in [2.75, 3.05) is 0 Å². The largest absolute Gasteiger partial charge is 0.393 e. The molecule has 0 fully saturated rings. The molecule has 0 amide bonds. The topological polar surface area (TPSA) is 20.2 Å². The maximum Gasteiger partial charge on any atom is 0.0542 e. The third-order valence-electron chi connectivity index (χ3n) is 1.82. The fraction of sp³-hybridized carbons (Fsp3) is 1.00. The molecule has 1 atom stereocenters. The first-order chi connectivity index (χ1) is 5.02. The highest BCUT2D eigenvalue weighted by atomic mass is 16.3. The summed E-state index contributed by atoms with van der Waals surface area (Å²) in [4.78, 5) is 0. The second kappa shape index (κ2) is 5.59. The standard InChI is InChI=1S/C10H22O/c1-8(2)5-6-10(11)7-9(3)4/h8-11H,5-7H2,1-4H3/t10-/m1/s1. The van der Waals surface area contributed by atoms with Crippen LogP contribution in [0.5, 0.6) is 0 Å². The SMILES string of the molecule is CC(C)CC[C@@H](O)CC(C)C. The summed E-state index contributed by atoms with van der Waals surface area (Å²) >= 11 is 0. The van der Waals surface area contributed by atoms with Gasteiger partial charge in [-0.15, -0.1) is 0 Å². The second-order valence-corrected chi connectivity index (χ2v) is 4.25. The normalized spacial score (nSPS) is 14.5. The molecule has 0 aromatic carbocycles. The van der Waals surface area contributed by atoms with Crippen LogP contribution in [-0.2, 0) is 0 Å². The molecule has 1 nitrogen and oxygen atoms in total. The highest BCUT2D eigenvalue weighted by Crippen LogP contribution is 2.12. The van der Waals surface area contributed by atoms with E-state index in [1.165, 1.54) is 0 Å². The predicted octanol–water partition coefficient (Wildman–Crippen LogP) is 2.83. The van der Waals surface area contributed by atoms with E-state index >= 15 is 0 Å². The number of rotatable bonds is 5. The van der Waals surface area contributed by atoms with Crippen molar-refractivity contribution in [3.05, 3.63) is 0 Å². The summed E-state index contributed by atoms with van der Waals surface area (Å²) in [5, 5.41) is 9.47. The summed E-state index contributed by atoms with van der Waals surface area (Å²) in [5.74, 6) is 1.34. The fourth-order valence-corrected chi connectivity index (χ4v) is 1.19. The Labute approximate surface area is 70.8 Å². The number of aliphatic hydroxyl groups is 1. The average Bonchev–Trinajstić information content (AvgIpc) is 1.82. The quantitative estimate of drug-likeness (QED) is 0.652. The number of aliphatic hydroxyl groups excluding tert-OH is 1. The molecule has 1 N–H and O–H groups in total. The molecule has 0 spiro atoms. The predicted molar refractivity (Wildman–Crippen MR) is 49.5 cm³/mol. The van der Waals surface area contributed by atoms with Gasteiger partial charge in [0.25, 0.3) is 0 Å². The molecule has 0 unspecified atom stereocenters. The van der Waals surface area contributed by atoms with E-state index < -0.39 is 0 Å². The first-order valence-electron chi connectivity index (χ1n) is 4.70. The summed E-state index contributed by atoms with van der Waals surface area (Å²) in [5.41, 5.74) is 0. The minimum absolute atomic E-state index is 0.0719. The Morgan fingerprint density at radius 3 is 1.82 bits per heavy atom. The van der Waals surface area contributed by atoms with Crippen LogP contribution in [-0.4, -0.2) is 11.2 Å². The lowest BCUT2D eigenvalue weighted by molar-refractivity contribution is 0.132. The number of hydrogen-bond donors (Lipinski definition) is 1. The van der Waals surface area contributed by atoms with Crippen LogP contribution in [0.25, 0.3) is 0 Å². The van der Waals surface area contributed by atoms with Crippen molar-refractivity contribution in [1.82, 2.24) is 0 Å². The van der Waals surface area contributed by atoms with E-state index in [1.807, 2.05) is 0 Å². The van der Waals surface area contributed by atoms with Gasteiger partial charge in [-0.2, -0.15) is 0 Å². The molecular formula is C10H22O. The van der Waals surface area contributed by atoms with E-state index in [0.29, 0.717) is 5.92 Å². The summed E-state index contributed by atoms with van der Waals surface area (Å²) < 4.78 is 0.